The maximum atomic E-state index is 13.0. The van der Waals surface area contributed by atoms with Gasteiger partial charge in [-0.1, -0.05) is 6.07 Å². The van der Waals surface area contributed by atoms with E-state index in [1.54, 1.807) is 19.9 Å². The third-order valence-electron chi connectivity index (χ3n) is 2.42. The molecule has 1 rings (SSSR count). The highest BCUT2D eigenvalue weighted by Crippen LogP contribution is 2.20. The van der Waals surface area contributed by atoms with Gasteiger partial charge in [0.1, 0.15) is 23.7 Å². The summed E-state index contributed by atoms with van der Waals surface area (Å²) in [6, 6.07) is 4.20. The van der Waals surface area contributed by atoms with Crippen molar-refractivity contribution in [1.29, 1.82) is 0 Å². The van der Waals surface area contributed by atoms with E-state index < -0.39 is 17.3 Å². The molecule has 0 saturated carbocycles. The highest BCUT2D eigenvalue weighted by molar-refractivity contribution is 5.80. The number of hydrogen-bond donors (Lipinski definition) is 1. The summed E-state index contributed by atoms with van der Waals surface area (Å²) in [5, 5.41) is 0. The maximum Gasteiger partial charge on any atom is 0.329 e. The minimum atomic E-state index is -1.26. The normalized spacial score (nSPS) is 13.8. The monoisotopic (exact) mass is 255 g/mol. The molecular weight excluding hydrogens is 237 g/mol. The van der Waals surface area contributed by atoms with Gasteiger partial charge in [0.15, 0.2) is 0 Å². The lowest BCUT2D eigenvalue weighted by Crippen LogP contribution is -2.51. The molecule has 0 saturated heterocycles. The molecule has 1 aromatic rings. The summed E-state index contributed by atoms with van der Waals surface area (Å²) in [5.74, 6) is -0.569. The van der Waals surface area contributed by atoms with Crippen molar-refractivity contribution in [3.05, 3.63) is 29.6 Å². The molecule has 0 spiro atoms. The zero-order chi connectivity index (χ0) is 13.8. The molecule has 5 heteroatoms. The molecule has 0 aliphatic heterocycles. The van der Waals surface area contributed by atoms with E-state index in [0.717, 1.165) is 5.56 Å². The first kappa shape index (κ1) is 14.4. The topological polar surface area (TPSA) is 61.5 Å². The molecule has 0 fully saturated rings. The minimum Gasteiger partial charge on any atom is -0.491 e. The molecule has 0 aliphatic carbocycles. The van der Waals surface area contributed by atoms with Crippen LogP contribution < -0.4 is 10.5 Å². The molecule has 4 nitrogen and oxygen atoms in total. The summed E-state index contributed by atoms with van der Waals surface area (Å²) in [7, 11) is 0. The fourth-order valence-electron chi connectivity index (χ4n) is 1.31. The summed E-state index contributed by atoms with van der Waals surface area (Å²) < 4.78 is 23.3. The molecule has 0 heterocycles. The minimum absolute atomic E-state index is 0.0733. The number of nitrogens with two attached hydrogens (primary N) is 1. The predicted molar refractivity (Wildman–Crippen MR) is 65.9 cm³/mol. The van der Waals surface area contributed by atoms with E-state index in [1.165, 1.54) is 19.1 Å². The number of rotatable bonds is 5. The van der Waals surface area contributed by atoms with Gasteiger partial charge in [-0.15, -0.1) is 0 Å². The lowest BCUT2D eigenvalue weighted by atomic mass is 10.1. The third-order valence-corrected chi connectivity index (χ3v) is 2.42. The summed E-state index contributed by atoms with van der Waals surface area (Å²) in [6.07, 6.45) is 0. The number of halogens is 1. The summed E-state index contributed by atoms with van der Waals surface area (Å²) in [5.41, 5.74) is 5.31. The number of ether oxygens (including phenoxy) is 2. The van der Waals surface area contributed by atoms with Crippen molar-refractivity contribution >= 4 is 5.97 Å². The summed E-state index contributed by atoms with van der Waals surface area (Å²) in [4.78, 5) is 11.5. The fourth-order valence-corrected chi connectivity index (χ4v) is 1.31. The molecule has 1 atom stereocenters. The predicted octanol–water partition coefficient (Wildman–Crippen LogP) is 1.79. The van der Waals surface area contributed by atoms with Crippen LogP contribution in [-0.2, 0) is 9.53 Å². The van der Waals surface area contributed by atoms with Crippen LogP contribution >= 0.6 is 0 Å². The quantitative estimate of drug-likeness (QED) is 0.815. The second-order valence-electron chi connectivity index (χ2n) is 4.34. The van der Waals surface area contributed by atoms with Crippen LogP contribution in [0.25, 0.3) is 0 Å². The van der Waals surface area contributed by atoms with Crippen molar-refractivity contribution in [2.45, 2.75) is 26.3 Å². The van der Waals surface area contributed by atoms with Gasteiger partial charge in [-0.2, -0.15) is 0 Å². The van der Waals surface area contributed by atoms with Gasteiger partial charge in [0.25, 0.3) is 0 Å². The molecule has 0 aliphatic rings. The van der Waals surface area contributed by atoms with E-state index in [1.807, 2.05) is 0 Å². The first-order valence-electron chi connectivity index (χ1n) is 5.72. The van der Waals surface area contributed by atoms with Crippen LogP contribution in [-0.4, -0.2) is 24.7 Å². The van der Waals surface area contributed by atoms with Crippen molar-refractivity contribution in [1.82, 2.24) is 0 Å². The molecule has 1 unspecified atom stereocenters. The number of carbonyl (C=O) groups is 1. The van der Waals surface area contributed by atoms with Crippen LogP contribution in [0.3, 0.4) is 0 Å². The number of hydrogen-bond acceptors (Lipinski definition) is 4. The van der Waals surface area contributed by atoms with Crippen molar-refractivity contribution in [3.8, 4) is 5.75 Å². The van der Waals surface area contributed by atoms with Crippen LogP contribution in [0.2, 0.25) is 0 Å². The molecule has 0 radical (unpaired) electrons. The molecule has 18 heavy (non-hydrogen) atoms. The Hall–Kier alpha value is -1.62. The molecule has 0 amide bonds. The number of carbonyl (C=O) groups excluding carboxylic acids is 1. The molecular formula is C13H18FNO3. The Bertz CT molecular complexity index is 432. The van der Waals surface area contributed by atoms with E-state index in [0.29, 0.717) is 5.75 Å². The Morgan fingerprint density at radius 1 is 1.50 bits per heavy atom. The number of benzene rings is 1. The van der Waals surface area contributed by atoms with Crippen LogP contribution in [0, 0.1) is 12.7 Å². The lowest BCUT2D eigenvalue weighted by molar-refractivity contribution is -0.150. The number of esters is 1. The van der Waals surface area contributed by atoms with Gasteiger partial charge in [-0.3, -0.25) is 0 Å². The van der Waals surface area contributed by atoms with Gasteiger partial charge >= 0.3 is 5.97 Å². The highest BCUT2D eigenvalue weighted by Gasteiger charge is 2.31. The SMILES string of the molecule is CCOC(=O)C(C)(N)COc1cc(F)ccc1C. The van der Waals surface area contributed by atoms with Crippen molar-refractivity contribution in [2.24, 2.45) is 5.73 Å². The standard InChI is InChI=1S/C13H18FNO3/c1-4-17-12(16)13(3,15)8-18-11-7-10(14)6-5-9(11)2/h5-7H,4,8,15H2,1-3H3. The van der Waals surface area contributed by atoms with E-state index in [4.69, 9.17) is 15.2 Å². The van der Waals surface area contributed by atoms with Crippen LogP contribution in [0.5, 0.6) is 5.75 Å². The van der Waals surface area contributed by atoms with Crippen LogP contribution in [0.15, 0.2) is 18.2 Å². The van der Waals surface area contributed by atoms with E-state index >= 15 is 0 Å². The van der Waals surface area contributed by atoms with Gasteiger partial charge in [0, 0.05) is 6.07 Å². The molecule has 0 aromatic heterocycles. The Labute approximate surface area is 106 Å². The largest absolute Gasteiger partial charge is 0.491 e. The fraction of sp³-hybridized carbons (Fsp3) is 0.462. The summed E-state index contributed by atoms with van der Waals surface area (Å²) >= 11 is 0. The van der Waals surface area contributed by atoms with Crippen molar-refractivity contribution in [2.75, 3.05) is 13.2 Å². The molecule has 2 N–H and O–H groups in total. The highest BCUT2D eigenvalue weighted by atomic mass is 19.1. The summed E-state index contributed by atoms with van der Waals surface area (Å²) in [6.45, 7) is 5.18. The average Bonchev–Trinajstić information content (AvgIpc) is 2.31. The Kier molecular flexibility index (Phi) is 4.67. The molecule has 100 valence electrons. The van der Waals surface area contributed by atoms with E-state index in [2.05, 4.69) is 0 Å². The lowest BCUT2D eigenvalue weighted by Gasteiger charge is -2.22. The van der Waals surface area contributed by atoms with Crippen molar-refractivity contribution in [3.63, 3.8) is 0 Å². The van der Waals surface area contributed by atoms with Gasteiger partial charge < -0.3 is 15.2 Å². The van der Waals surface area contributed by atoms with Crippen LogP contribution in [0.4, 0.5) is 4.39 Å². The zero-order valence-corrected chi connectivity index (χ0v) is 10.8. The first-order chi connectivity index (χ1) is 8.36. The Balaban J connectivity index is 2.69. The van der Waals surface area contributed by atoms with Crippen molar-refractivity contribution < 1.29 is 18.7 Å². The van der Waals surface area contributed by atoms with Crippen LogP contribution in [0.1, 0.15) is 19.4 Å². The Morgan fingerprint density at radius 2 is 2.17 bits per heavy atom. The molecule has 0 bridgehead atoms. The van der Waals surface area contributed by atoms with E-state index in [-0.39, 0.29) is 13.2 Å². The zero-order valence-electron chi connectivity index (χ0n) is 10.8. The average molecular weight is 255 g/mol. The second-order valence-corrected chi connectivity index (χ2v) is 4.34. The van der Waals surface area contributed by atoms with Gasteiger partial charge in [0.05, 0.1) is 6.61 Å². The smallest absolute Gasteiger partial charge is 0.329 e. The van der Waals surface area contributed by atoms with Gasteiger partial charge in [-0.25, -0.2) is 9.18 Å². The first-order valence-corrected chi connectivity index (χ1v) is 5.72. The third kappa shape index (κ3) is 3.70. The maximum absolute atomic E-state index is 13.0. The number of aryl methyl sites for hydroxylation is 1. The van der Waals surface area contributed by atoms with E-state index in [9.17, 15) is 9.18 Å². The van der Waals surface area contributed by atoms with Gasteiger partial charge in [-0.05, 0) is 32.4 Å². The molecule has 1 aromatic carbocycles. The second kappa shape index (κ2) is 5.82. The van der Waals surface area contributed by atoms with Gasteiger partial charge in [0.2, 0.25) is 0 Å². The Morgan fingerprint density at radius 3 is 2.78 bits per heavy atom.